The second-order valence-electron chi connectivity index (χ2n) is 7.39. The predicted octanol–water partition coefficient (Wildman–Crippen LogP) is 3.79. The lowest BCUT2D eigenvalue weighted by molar-refractivity contribution is -0.141. The molecule has 32 heavy (non-hydrogen) atoms. The molecule has 0 saturated heterocycles. The Hall–Kier alpha value is -3.57. The predicted molar refractivity (Wildman–Crippen MR) is 121 cm³/mol. The first-order valence-electron chi connectivity index (χ1n) is 9.98. The van der Waals surface area contributed by atoms with Crippen LogP contribution in [-0.4, -0.2) is 18.5 Å². The first kappa shape index (κ1) is 21.7. The molecule has 2 heterocycles. The largest absolute Gasteiger partial charge is 0.462 e. The molecule has 1 amide bonds. The Morgan fingerprint density at radius 1 is 1.28 bits per heavy atom. The molecule has 2 aliphatic heterocycles. The monoisotopic (exact) mass is 493 g/mol. The van der Waals surface area contributed by atoms with Crippen molar-refractivity contribution in [1.82, 2.24) is 0 Å². The fourth-order valence-electron chi connectivity index (χ4n) is 4.39. The number of benzene rings is 2. The van der Waals surface area contributed by atoms with E-state index in [-0.39, 0.29) is 35.9 Å². The van der Waals surface area contributed by atoms with Crippen molar-refractivity contribution in [2.75, 3.05) is 11.5 Å². The van der Waals surface area contributed by atoms with Crippen molar-refractivity contribution in [2.45, 2.75) is 25.8 Å². The number of halogens is 1. The average Bonchev–Trinajstić information content (AvgIpc) is 2.98. The highest BCUT2D eigenvalue weighted by molar-refractivity contribution is 9.10. The number of rotatable bonds is 4. The SMILES string of the molecule is CCOC(=O)C1=C(C)OC(N)=C(C#N)[C@@]12C(=O)N(Cc1cccc(Br)c1)c1ccccc12. The standard InChI is InChI=1S/C24H20BrN3O4/c1-3-31-22(29)20-14(2)32-21(27)18(12-26)24(20)17-9-4-5-10-19(17)28(23(24)30)13-15-7-6-8-16(25)11-15/h4-11H,3,13,27H2,1-2H3/t24-/m1/s1. The van der Waals surface area contributed by atoms with Gasteiger partial charge in [0.05, 0.1) is 13.2 Å². The average molecular weight is 494 g/mol. The molecule has 2 aliphatic rings. The summed E-state index contributed by atoms with van der Waals surface area (Å²) in [4.78, 5) is 28.8. The third-order valence-electron chi connectivity index (χ3n) is 5.60. The molecule has 162 valence electrons. The molecule has 0 fully saturated rings. The molecule has 0 aliphatic carbocycles. The number of nitrogens with two attached hydrogens (primary N) is 1. The molecule has 1 spiro atoms. The zero-order valence-corrected chi connectivity index (χ0v) is 19.1. The van der Waals surface area contributed by atoms with Gasteiger partial charge in [0.25, 0.3) is 0 Å². The number of allylic oxidation sites excluding steroid dienone is 1. The van der Waals surface area contributed by atoms with E-state index in [0.717, 1.165) is 10.0 Å². The van der Waals surface area contributed by atoms with Crippen molar-refractivity contribution >= 4 is 33.5 Å². The minimum absolute atomic E-state index is 0.0284. The summed E-state index contributed by atoms with van der Waals surface area (Å²) in [6.45, 7) is 3.56. The van der Waals surface area contributed by atoms with Crippen LogP contribution in [0.1, 0.15) is 25.0 Å². The lowest BCUT2D eigenvalue weighted by Gasteiger charge is -2.34. The molecule has 0 saturated carbocycles. The smallest absolute Gasteiger partial charge is 0.339 e. The van der Waals surface area contributed by atoms with E-state index >= 15 is 0 Å². The minimum atomic E-state index is -1.74. The molecule has 2 aromatic carbocycles. The van der Waals surface area contributed by atoms with Crippen LogP contribution in [0.25, 0.3) is 0 Å². The van der Waals surface area contributed by atoms with Gasteiger partial charge in [-0.3, -0.25) is 4.79 Å². The Kier molecular flexibility index (Phi) is 5.53. The molecule has 0 radical (unpaired) electrons. The Morgan fingerprint density at radius 3 is 2.72 bits per heavy atom. The highest BCUT2D eigenvalue weighted by atomic mass is 79.9. The summed E-state index contributed by atoms with van der Waals surface area (Å²) < 4.78 is 11.7. The van der Waals surface area contributed by atoms with E-state index in [4.69, 9.17) is 15.2 Å². The van der Waals surface area contributed by atoms with Gasteiger partial charge in [0.1, 0.15) is 23.0 Å². The number of ether oxygens (including phenoxy) is 2. The molecule has 8 heteroatoms. The van der Waals surface area contributed by atoms with Crippen molar-refractivity contribution in [3.05, 3.63) is 86.9 Å². The number of hydrogen-bond donors (Lipinski definition) is 1. The lowest BCUT2D eigenvalue weighted by atomic mass is 9.68. The number of carbonyl (C=O) groups excluding carboxylic acids is 2. The minimum Gasteiger partial charge on any atom is -0.462 e. The van der Waals surface area contributed by atoms with Crippen LogP contribution in [0.2, 0.25) is 0 Å². The van der Waals surface area contributed by atoms with Crippen molar-refractivity contribution in [1.29, 1.82) is 5.26 Å². The molecule has 4 rings (SSSR count). The highest BCUT2D eigenvalue weighted by Crippen LogP contribution is 2.54. The number of hydrogen-bond acceptors (Lipinski definition) is 6. The molecular weight excluding hydrogens is 474 g/mol. The maximum absolute atomic E-state index is 14.2. The molecule has 7 nitrogen and oxygen atoms in total. The maximum Gasteiger partial charge on any atom is 0.339 e. The van der Waals surface area contributed by atoms with Gasteiger partial charge in [0.2, 0.25) is 11.8 Å². The number of carbonyl (C=O) groups is 2. The molecule has 0 bridgehead atoms. The fraction of sp³-hybridized carbons (Fsp3) is 0.208. The van der Waals surface area contributed by atoms with Gasteiger partial charge in [-0.15, -0.1) is 0 Å². The topological polar surface area (TPSA) is 106 Å². The van der Waals surface area contributed by atoms with Gasteiger partial charge in [-0.05, 0) is 37.6 Å². The maximum atomic E-state index is 14.2. The summed E-state index contributed by atoms with van der Waals surface area (Å²) in [6.07, 6.45) is 0. The van der Waals surface area contributed by atoms with E-state index in [0.29, 0.717) is 11.3 Å². The van der Waals surface area contributed by atoms with Gasteiger partial charge in [-0.25, -0.2) is 4.79 Å². The van der Waals surface area contributed by atoms with Gasteiger partial charge < -0.3 is 20.1 Å². The first-order chi connectivity index (χ1) is 15.4. The second kappa shape index (κ2) is 8.17. The van der Waals surface area contributed by atoms with E-state index in [9.17, 15) is 14.9 Å². The van der Waals surface area contributed by atoms with Gasteiger partial charge in [-0.1, -0.05) is 46.3 Å². The fourth-order valence-corrected chi connectivity index (χ4v) is 4.84. The number of nitrogens with zero attached hydrogens (tertiary/aromatic N) is 2. The van der Waals surface area contributed by atoms with Crippen LogP contribution in [0, 0.1) is 11.3 Å². The van der Waals surface area contributed by atoms with Gasteiger partial charge in [0, 0.05) is 15.7 Å². The van der Waals surface area contributed by atoms with Crippen LogP contribution >= 0.6 is 15.9 Å². The van der Waals surface area contributed by atoms with Crippen LogP contribution in [0.15, 0.2) is 75.8 Å². The molecule has 2 aromatic rings. The number of para-hydroxylation sites is 1. The van der Waals surface area contributed by atoms with Gasteiger partial charge >= 0.3 is 5.97 Å². The van der Waals surface area contributed by atoms with Crippen LogP contribution in [0.4, 0.5) is 5.69 Å². The van der Waals surface area contributed by atoms with Crippen LogP contribution in [0.5, 0.6) is 0 Å². The summed E-state index contributed by atoms with van der Waals surface area (Å²) in [5.74, 6) is -1.25. The van der Waals surface area contributed by atoms with Gasteiger partial charge in [0.15, 0.2) is 5.41 Å². The normalized spacial score (nSPS) is 19.7. The van der Waals surface area contributed by atoms with E-state index in [1.54, 1.807) is 43.0 Å². The first-order valence-corrected chi connectivity index (χ1v) is 10.8. The quantitative estimate of drug-likeness (QED) is 0.649. The number of esters is 1. The zero-order valence-electron chi connectivity index (χ0n) is 17.5. The molecule has 0 aromatic heterocycles. The summed E-state index contributed by atoms with van der Waals surface area (Å²) in [5.41, 5.74) is 6.15. The van der Waals surface area contributed by atoms with Crippen molar-refractivity contribution in [3.8, 4) is 6.07 Å². The number of fused-ring (bicyclic) bond motifs is 2. The third-order valence-corrected chi connectivity index (χ3v) is 6.09. The lowest BCUT2D eigenvalue weighted by Crippen LogP contribution is -2.48. The zero-order chi connectivity index (χ0) is 23.0. The Morgan fingerprint density at radius 2 is 2.03 bits per heavy atom. The summed E-state index contributed by atoms with van der Waals surface area (Å²) in [5, 5.41) is 10.0. The summed E-state index contributed by atoms with van der Waals surface area (Å²) in [7, 11) is 0. The number of amides is 1. The van der Waals surface area contributed by atoms with Crippen molar-refractivity contribution in [3.63, 3.8) is 0 Å². The molecule has 0 unspecified atom stereocenters. The Labute approximate surface area is 193 Å². The van der Waals surface area contributed by atoms with Gasteiger partial charge in [-0.2, -0.15) is 5.26 Å². The van der Waals surface area contributed by atoms with Crippen LogP contribution in [-0.2, 0) is 31.0 Å². The molecule has 2 N–H and O–H groups in total. The molecular formula is C24H20BrN3O4. The molecule has 1 atom stereocenters. The van der Waals surface area contributed by atoms with E-state index in [1.165, 1.54) is 0 Å². The number of nitriles is 1. The van der Waals surface area contributed by atoms with Crippen molar-refractivity contribution in [2.24, 2.45) is 5.73 Å². The summed E-state index contributed by atoms with van der Waals surface area (Å²) >= 11 is 3.46. The van der Waals surface area contributed by atoms with E-state index in [1.807, 2.05) is 30.3 Å². The van der Waals surface area contributed by atoms with Crippen molar-refractivity contribution < 1.29 is 19.1 Å². The number of anilines is 1. The third kappa shape index (κ3) is 3.09. The Balaban J connectivity index is 1.98. The highest BCUT2D eigenvalue weighted by Gasteiger charge is 2.62. The second-order valence-corrected chi connectivity index (χ2v) is 8.31. The van der Waals surface area contributed by atoms with E-state index < -0.39 is 17.3 Å². The van der Waals surface area contributed by atoms with E-state index in [2.05, 4.69) is 15.9 Å². The Bertz CT molecular complexity index is 1240. The van der Waals surface area contributed by atoms with Crippen LogP contribution in [0.3, 0.4) is 0 Å². The summed E-state index contributed by atoms with van der Waals surface area (Å²) in [6, 6.07) is 16.7. The van der Waals surface area contributed by atoms with Crippen LogP contribution < -0.4 is 10.6 Å².